The molecule has 0 amide bonds. The topological polar surface area (TPSA) is 23.4 Å². The Morgan fingerprint density at radius 3 is 1.38 bits per heavy atom. The van der Waals surface area contributed by atoms with Crippen molar-refractivity contribution >= 4 is 43.4 Å². The number of hydrogen-bond donors (Lipinski definition) is 0. The van der Waals surface area contributed by atoms with Crippen molar-refractivity contribution in [1.29, 1.82) is 0 Å². The van der Waals surface area contributed by atoms with Crippen molar-refractivity contribution in [2.24, 2.45) is 0 Å². The maximum absolute atomic E-state index is 7.10. The minimum atomic E-state index is -0.605. The lowest BCUT2D eigenvalue weighted by Gasteiger charge is -2.39. The Kier molecular flexibility index (Phi) is 8.62. The van der Waals surface area contributed by atoms with E-state index in [2.05, 4.69) is 269 Å². The average molecular weight is 998 g/mol. The first-order valence-corrected chi connectivity index (χ1v) is 27.4. The predicted octanol–water partition coefficient (Wildman–Crippen LogP) is 19.6. The molecular formula is C75H51NO2. The van der Waals surface area contributed by atoms with Gasteiger partial charge in [-0.25, -0.2) is 0 Å². The van der Waals surface area contributed by atoms with E-state index in [1.165, 1.54) is 105 Å². The molecule has 0 radical (unpaired) electrons. The zero-order valence-corrected chi connectivity index (χ0v) is 43.8. The van der Waals surface area contributed by atoms with Crippen LogP contribution in [0.3, 0.4) is 0 Å². The van der Waals surface area contributed by atoms with Crippen molar-refractivity contribution in [2.45, 2.75) is 43.9 Å². The summed E-state index contributed by atoms with van der Waals surface area (Å²) in [7, 11) is 0. The molecule has 0 fully saturated rings. The van der Waals surface area contributed by atoms with E-state index in [-0.39, 0.29) is 10.8 Å². The number of fused-ring (bicyclic) bond motifs is 18. The molecule has 13 aromatic rings. The fourth-order valence-electron chi connectivity index (χ4n) is 15.1. The van der Waals surface area contributed by atoms with Crippen molar-refractivity contribution in [3.63, 3.8) is 0 Å². The molecule has 0 bridgehead atoms. The van der Waals surface area contributed by atoms with Gasteiger partial charge in [0.15, 0.2) is 0 Å². The summed E-state index contributed by atoms with van der Waals surface area (Å²) in [6.45, 7) is 9.30. The molecule has 368 valence electrons. The Morgan fingerprint density at radius 2 is 0.731 bits per heavy atom. The largest absolute Gasteiger partial charge is 0.456 e. The van der Waals surface area contributed by atoms with Gasteiger partial charge < -0.3 is 14.0 Å². The molecule has 4 aliphatic rings. The molecule has 4 heterocycles. The molecule has 1 aromatic heterocycles. The highest BCUT2D eigenvalue weighted by molar-refractivity contribution is 6.22. The van der Waals surface area contributed by atoms with Crippen LogP contribution in [-0.4, -0.2) is 4.57 Å². The lowest BCUT2D eigenvalue weighted by Crippen LogP contribution is -2.33. The first-order chi connectivity index (χ1) is 38.2. The van der Waals surface area contributed by atoms with E-state index in [4.69, 9.17) is 9.47 Å². The van der Waals surface area contributed by atoms with Crippen LogP contribution in [0, 0.1) is 0 Å². The number of rotatable bonds is 3. The van der Waals surface area contributed by atoms with Crippen LogP contribution < -0.4 is 9.47 Å². The van der Waals surface area contributed by atoms with E-state index >= 15 is 0 Å². The lowest BCUT2D eigenvalue weighted by atomic mass is 9.65. The second-order valence-corrected chi connectivity index (χ2v) is 23.0. The van der Waals surface area contributed by atoms with Gasteiger partial charge in [-0.05, 0) is 108 Å². The van der Waals surface area contributed by atoms with Gasteiger partial charge in [0.25, 0.3) is 0 Å². The van der Waals surface area contributed by atoms with E-state index < -0.39 is 5.41 Å². The summed E-state index contributed by atoms with van der Waals surface area (Å²) in [6.07, 6.45) is 0. The van der Waals surface area contributed by atoms with Crippen LogP contribution in [0.25, 0.3) is 93.5 Å². The molecule has 78 heavy (non-hydrogen) atoms. The fraction of sp³-hybridized carbons (Fsp3) is 0.0933. The first kappa shape index (κ1) is 43.8. The summed E-state index contributed by atoms with van der Waals surface area (Å²) in [5.74, 6) is 3.63. The average Bonchev–Trinajstić information content (AvgIpc) is 3.72. The fourth-order valence-corrected chi connectivity index (χ4v) is 15.1. The molecule has 0 saturated carbocycles. The third-order valence-electron chi connectivity index (χ3n) is 18.5. The van der Waals surface area contributed by atoms with Crippen LogP contribution in [0.2, 0.25) is 0 Å². The molecule has 17 rings (SSSR count). The van der Waals surface area contributed by atoms with Gasteiger partial charge in [-0.15, -0.1) is 0 Å². The summed E-state index contributed by atoms with van der Waals surface area (Å²) in [5.41, 5.74) is 21.9. The molecule has 0 saturated heterocycles. The monoisotopic (exact) mass is 997 g/mol. The SMILES string of the molecule is CC1(C)c2ccccc2Oc2c(-c3cccc4c(-c5cccc6c5-c5ccccc5C65c6ccccc6-n6c7ccccc7c7cccc5c76)c5cccc(-c6cccc7c6Oc6ccccc6C7(C)C)c5cc34)cccc21. The van der Waals surface area contributed by atoms with Gasteiger partial charge in [-0.1, -0.05) is 234 Å². The van der Waals surface area contributed by atoms with Gasteiger partial charge >= 0.3 is 0 Å². The molecule has 3 aliphatic heterocycles. The summed E-state index contributed by atoms with van der Waals surface area (Å²) < 4.78 is 16.7. The number of nitrogens with zero attached hydrogens (tertiary/aromatic N) is 1. The van der Waals surface area contributed by atoms with E-state index in [9.17, 15) is 0 Å². The van der Waals surface area contributed by atoms with Crippen molar-refractivity contribution in [2.75, 3.05) is 0 Å². The van der Waals surface area contributed by atoms with E-state index in [0.29, 0.717) is 0 Å². The van der Waals surface area contributed by atoms with Gasteiger partial charge in [0.1, 0.15) is 23.0 Å². The zero-order valence-electron chi connectivity index (χ0n) is 43.8. The molecular weight excluding hydrogens is 947 g/mol. The second-order valence-electron chi connectivity index (χ2n) is 23.0. The van der Waals surface area contributed by atoms with E-state index in [1.807, 2.05) is 0 Å². The lowest BCUT2D eigenvalue weighted by molar-refractivity contribution is 0.419. The third-order valence-corrected chi connectivity index (χ3v) is 18.5. The smallest absolute Gasteiger partial charge is 0.139 e. The van der Waals surface area contributed by atoms with Gasteiger partial charge in [0.05, 0.1) is 22.1 Å². The van der Waals surface area contributed by atoms with Gasteiger partial charge in [-0.3, -0.25) is 0 Å². The molecule has 3 nitrogen and oxygen atoms in total. The Bertz CT molecular complexity index is 4650. The molecule has 1 unspecified atom stereocenters. The van der Waals surface area contributed by atoms with Crippen LogP contribution >= 0.6 is 0 Å². The molecule has 1 spiro atoms. The van der Waals surface area contributed by atoms with Crippen LogP contribution in [0.4, 0.5) is 0 Å². The Labute approximate surface area is 453 Å². The normalized spacial score (nSPS) is 16.4. The van der Waals surface area contributed by atoms with Crippen molar-refractivity contribution in [1.82, 2.24) is 4.57 Å². The highest BCUT2D eigenvalue weighted by Crippen LogP contribution is 2.64. The van der Waals surface area contributed by atoms with Crippen LogP contribution in [0.5, 0.6) is 23.0 Å². The standard InChI is InChI=1S/C75H51NO2/c1-73(2)58-33-9-13-41-66(58)77-71-50(28-18-37-62(71)73)44-23-15-25-47-54(44)43-55-45(51-29-19-38-63-72(51)78-67-42-14-10-34-59(67)74(63,3)4)24-16-26-48(55)68(47)53-30-20-35-60-69(53)52-22-5-7-31-56(52)75(60)57-32-8-12-40-65(57)76-64-39-11-6-21-46(64)49-27-17-36-61(75)70(49)76/h5-43H,1-4H3. The Hall–Kier alpha value is -9.44. The van der Waals surface area contributed by atoms with Crippen molar-refractivity contribution < 1.29 is 9.47 Å². The zero-order chi connectivity index (χ0) is 51.8. The highest BCUT2D eigenvalue weighted by Gasteiger charge is 2.51. The third kappa shape index (κ3) is 5.43. The maximum Gasteiger partial charge on any atom is 0.139 e. The van der Waals surface area contributed by atoms with Crippen LogP contribution in [0.15, 0.2) is 237 Å². The summed E-state index contributed by atoms with van der Waals surface area (Å²) in [5, 5.41) is 7.24. The summed E-state index contributed by atoms with van der Waals surface area (Å²) in [6, 6.07) is 88.3. The number of para-hydroxylation sites is 7. The number of hydrogen-bond acceptors (Lipinski definition) is 2. The van der Waals surface area contributed by atoms with Crippen molar-refractivity contribution in [3.8, 4) is 73.2 Å². The maximum atomic E-state index is 7.10. The number of benzene rings is 12. The second kappa shape index (κ2) is 15.4. The number of ether oxygens (including phenoxy) is 2. The van der Waals surface area contributed by atoms with E-state index in [1.54, 1.807) is 0 Å². The quantitative estimate of drug-likeness (QED) is 0.165. The van der Waals surface area contributed by atoms with Crippen LogP contribution in [0.1, 0.15) is 72.2 Å². The van der Waals surface area contributed by atoms with Crippen LogP contribution in [-0.2, 0) is 16.2 Å². The highest BCUT2D eigenvalue weighted by atomic mass is 16.5. The Balaban J connectivity index is 0.996. The molecule has 0 N–H and O–H groups in total. The predicted molar refractivity (Wildman–Crippen MR) is 320 cm³/mol. The van der Waals surface area contributed by atoms with Gasteiger partial charge in [0, 0.05) is 55.0 Å². The number of aromatic nitrogens is 1. The minimum Gasteiger partial charge on any atom is -0.456 e. The van der Waals surface area contributed by atoms with Gasteiger partial charge in [0.2, 0.25) is 0 Å². The Morgan fingerprint density at radius 1 is 0.295 bits per heavy atom. The van der Waals surface area contributed by atoms with Gasteiger partial charge in [-0.2, -0.15) is 0 Å². The summed E-state index contributed by atoms with van der Waals surface area (Å²) in [4.78, 5) is 0. The first-order valence-electron chi connectivity index (χ1n) is 27.4. The van der Waals surface area contributed by atoms with Crippen molar-refractivity contribution in [3.05, 3.63) is 281 Å². The molecule has 1 atom stereocenters. The molecule has 3 heteroatoms. The molecule has 12 aromatic carbocycles. The minimum absolute atomic E-state index is 0.279. The molecule has 1 aliphatic carbocycles. The van der Waals surface area contributed by atoms with E-state index in [0.717, 1.165) is 56.0 Å². The summed E-state index contributed by atoms with van der Waals surface area (Å²) >= 11 is 0.